The van der Waals surface area contributed by atoms with Crippen molar-refractivity contribution in [1.82, 2.24) is 0 Å². The van der Waals surface area contributed by atoms with Crippen LogP contribution < -0.4 is 0 Å². The number of hydrogen-bond donors (Lipinski definition) is 0. The van der Waals surface area contributed by atoms with Gasteiger partial charge >= 0.3 is 0 Å². The van der Waals surface area contributed by atoms with Gasteiger partial charge in [-0.2, -0.15) is 0 Å². The van der Waals surface area contributed by atoms with Crippen LogP contribution >= 0.6 is 0 Å². The van der Waals surface area contributed by atoms with E-state index in [1.54, 1.807) is 18.3 Å². The standard InChI is InChI=1S/C19H30N2O2/c1-2-3-4-5-6-7-8-9-10-11-16-20-17-18-12-14-19(15-13-18)21(22)23/h12-15,17H,2-11,16H2,1H3. The number of non-ortho nitro benzene ring substituents is 1. The molecule has 1 rings (SSSR count). The smallest absolute Gasteiger partial charge is 0.269 e. The minimum Gasteiger partial charge on any atom is -0.293 e. The van der Waals surface area contributed by atoms with Gasteiger partial charge in [0.1, 0.15) is 0 Å². The van der Waals surface area contributed by atoms with Crippen molar-refractivity contribution in [1.29, 1.82) is 0 Å². The number of nitro benzene ring substituents is 1. The van der Waals surface area contributed by atoms with Crippen LogP contribution in [0.2, 0.25) is 0 Å². The largest absolute Gasteiger partial charge is 0.293 e. The van der Waals surface area contributed by atoms with Gasteiger partial charge in [-0.1, -0.05) is 64.7 Å². The molecule has 0 unspecified atom stereocenters. The summed E-state index contributed by atoms with van der Waals surface area (Å²) in [6.45, 7) is 3.09. The molecule has 128 valence electrons. The fraction of sp³-hybridized carbons (Fsp3) is 0.632. The predicted molar refractivity (Wildman–Crippen MR) is 97.4 cm³/mol. The van der Waals surface area contributed by atoms with Gasteiger partial charge in [-0.05, 0) is 24.1 Å². The third kappa shape index (κ3) is 9.82. The Morgan fingerprint density at radius 3 is 1.96 bits per heavy atom. The van der Waals surface area contributed by atoms with E-state index >= 15 is 0 Å². The van der Waals surface area contributed by atoms with Gasteiger partial charge in [-0.3, -0.25) is 15.1 Å². The highest BCUT2D eigenvalue weighted by molar-refractivity contribution is 5.79. The van der Waals surface area contributed by atoms with Crippen molar-refractivity contribution in [3.05, 3.63) is 39.9 Å². The average Bonchev–Trinajstić information content (AvgIpc) is 2.56. The Bertz CT molecular complexity index is 455. The second-order valence-corrected chi connectivity index (χ2v) is 6.07. The van der Waals surface area contributed by atoms with E-state index < -0.39 is 0 Å². The molecule has 0 aliphatic heterocycles. The summed E-state index contributed by atoms with van der Waals surface area (Å²) in [7, 11) is 0. The minimum absolute atomic E-state index is 0.122. The number of aliphatic imine (C=N–C) groups is 1. The Labute approximate surface area is 140 Å². The minimum atomic E-state index is -0.384. The van der Waals surface area contributed by atoms with Crippen molar-refractivity contribution in [3.63, 3.8) is 0 Å². The highest BCUT2D eigenvalue weighted by atomic mass is 16.6. The van der Waals surface area contributed by atoms with Crippen LogP contribution in [0.15, 0.2) is 29.3 Å². The quantitative estimate of drug-likeness (QED) is 0.196. The molecular weight excluding hydrogens is 288 g/mol. The van der Waals surface area contributed by atoms with Crippen molar-refractivity contribution in [2.75, 3.05) is 6.54 Å². The first-order chi connectivity index (χ1) is 11.2. The molecule has 0 aliphatic rings. The summed E-state index contributed by atoms with van der Waals surface area (Å²) >= 11 is 0. The van der Waals surface area contributed by atoms with Crippen LogP contribution in [0.4, 0.5) is 5.69 Å². The summed E-state index contributed by atoms with van der Waals surface area (Å²) in [5.74, 6) is 0. The normalized spacial score (nSPS) is 11.2. The van der Waals surface area contributed by atoms with Crippen LogP contribution in [0, 0.1) is 10.1 Å². The molecule has 0 atom stereocenters. The second-order valence-electron chi connectivity index (χ2n) is 6.07. The summed E-state index contributed by atoms with van der Waals surface area (Å²) < 4.78 is 0. The predicted octanol–water partition coefficient (Wildman–Crippen LogP) is 5.93. The molecule has 0 radical (unpaired) electrons. The van der Waals surface area contributed by atoms with E-state index in [4.69, 9.17) is 0 Å². The first-order valence-electron chi connectivity index (χ1n) is 8.98. The summed E-state index contributed by atoms with van der Waals surface area (Å²) in [4.78, 5) is 14.6. The fourth-order valence-electron chi connectivity index (χ4n) is 2.54. The molecule has 0 aromatic heterocycles. The molecule has 0 fully saturated rings. The number of benzene rings is 1. The Morgan fingerprint density at radius 2 is 1.43 bits per heavy atom. The van der Waals surface area contributed by atoms with Crippen LogP contribution in [-0.4, -0.2) is 17.7 Å². The Balaban J connectivity index is 1.99. The van der Waals surface area contributed by atoms with Crippen molar-refractivity contribution in [2.24, 2.45) is 4.99 Å². The van der Waals surface area contributed by atoms with Crippen molar-refractivity contribution < 1.29 is 4.92 Å². The highest BCUT2D eigenvalue weighted by Crippen LogP contribution is 2.11. The van der Waals surface area contributed by atoms with E-state index in [0.717, 1.165) is 18.5 Å². The van der Waals surface area contributed by atoms with Gasteiger partial charge < -0.3 is 0 Å². The number of nitro groups is 1. The van der Waals surface area contributed by atoms with Crippen molar-refractivity contribution in [2.45, 2.75) is 71.1 Å². The molecule has 4 nitrogen and oxygen atoms in total. The average molecular weight is 318 g/mol. The number of hydrogen-bond acceptors (Lipinski definition) is 3. The Kier molecular flexibility index (Phi) is 10.8. The summed E-state index contributed by atoms with van der Waals surface area (Å²) in [6.07, 6.45) is 15.1. The number of nitrogens with zero attached hydrogens (tertiary/aromatic N) is 2. The van der Waals surface area contributed by atoms with Gasteiger partial charge in [0.2, 0.25) is 0 Å². The van der Waals surface area contributed by atoms with Crippen molar-refractivity contribution >= 4 is 11.9 Å². The molecule has 1 aromatic carbocycles. The van der Waals surface area contributed by atoms with E-state index in [1.165, 1.54) is 69.9 Å². The van der Waals surface area contributed by atoms with Gasteiger partial charge in [0.25, 0.3) is 5.69 Å². The molecule has 4 heteroatoms. The topological polar surface area (TPSA) is 55.5 Å². The fourth-order valence-corrected chi connectivity index (χ4v) is 2.54. The zero-order chi connectivity index (χ0) is 16.8. The molecule has 23 heavy (non-hydrogen) atoms. The molecule has 0 bridgehead atoms. The second kappa shape index (κ2) is 12.8. The number of unbranched alkanes of at least 4 members (excludes halogenated alkanes) is 9. The Morgan fingerprint density at radius 1 is 0.913 bits per heavy atom. The van der Waals surface area contributed by atoms with Crippen LogP contribution in [0.25, 0.3) is 0 Å². The van der Waals surface area contributed by atoms with Crippen LogP contribution in [0.5, 0.6) is 0 Å². The lowest BCUT2D eigenvalue weighted by molar-refractivity contribution is -0.384. The third-order valence-corrected chi connectivity index (χ3v) is 3.99. The Hall–Kier alpha value is -1.71. The summed E-state index contributed by atoms with van der Waals surface area (Å²) in [5, 5.41) is 10.6. The lowest BCUT2D eigenvalue weighted by Gasteiger charge is -2.01. The van der Waals surface area contributed by atoms with Crippen LogP contribution in [-0.2, 0) is 0 Å². The lowest BCUT2D eigenvalue weighted by atomic mass is 10.1. The SMILES string of the molecule is CCCCCCCCCCCCN=Cc1ccc([N+](=O)[O-])cc1. The molecular formula is C19H30N2O2. The molecule has 0 spiro atoms. The van der Waals surface area contributed by atoms with Gasteiger partial charge in [0.05, 0.1) is 4.92 Å². The lowest BCUT2D eigenvalue weighted by Crippen LogP contribution is -1.89. The van der Waals surface area contributed by atoms with E-state index in [1.807, 2.05) is 0 Å². The van der Waals surface area contributed by atoms with Crippen LogP contribution in [0.3, 0.4) is 0 Å². The third-order valence-electron chi connectivity index (χ3n) is 3.99. The van der Waals surface area contributed by atoms with E-state index in [0.29, 0.717) is 0 Å². The molecule has 0 N–H and O–H groups in total. The maximum Gasteiger partial charge on any atom is 0.269 e. The van der Waals surface area contributed by atoms with Gasteiger partial charge in [0, 0.05) is 24.9 Å². The zero-order valence-electron chi connectivity index (χ0n) is 14.4. The molecule has 1 aromatic rings. The van der Waals surface area contributed by atoms with E-state index in [2.05, 4.69) is 11.9 Å². The first-order valence-corrected chi connectivity index (χ1v) is 8.98. The molecule has 0 saturated carbocycles. The van der Waals surface area contributed by atoms with Gasteiger partial charge in [-0.25, -0.2) is 0 Å². The first kappa shape index (κ1) is 19.3. The molecule has 0 amide bonds. The highest BCUT2D eigenvalue weighted by Gasteiger charge is 2.02. The van der Waals surface area contributed by atoms with Crippen LogP contribution in [0.1, 0.15) is 76.7 Å². The maximum atomic E-state index is 10.6. The van der Waals surface area contributed by atoms with Gasteiger partial charge in [-0.15, -0.1) is 0 Å². The molecule has 0 heterocycles. The van der Waals surface area contributed by atoms with Gasteiger partial charge in [0.15, 0.2) is 0 Å². The van der Waals surface area contributed by atoms with Crippen molar-refractivity contribution in [3.8, 4) is 0 Å². The summed E-state index contributed by atoms with van der Waals surface area (Å²) in [6, 6.07) is 6.50. The molecule has 0 aliphatic carbocycles. The maximum absolute atomic E-state index is 10.6. The summed E-state index contributed by atoms with van der Waals surface area (Å²) in [5.41, 5.74) is 1.04. The zero-order valence-corrected chi connectivity index (χ0v) is 14.4. The molecule has 0 saturated heterocycles. The monoisotopic (exact) mass is 318 g/mol. The van der Waals surface area contributed by atoms with E-state index in [-0.39, 0.29) is 10.6 Å². The number of rotatable bonds is 13. The van der Waals surface area contributed by atoms with E-state index in [9.17, 15) is 10.1 Å².